The van der Waals surface area contributed by atoms with Crippen molar-refractivity contribution in [1.29, 1.82) is 0 Å². The molecule has 0 saturated heterocycles. The molecule has 0 aromatic heterocycles. The van der Waals surface area contributed by atoms with Gasteiger partial charge in [0.05, 0.1) is 0 Å². The summed E-state index contributed by atoms with van der Waals surface area (Å²) in [5, 5.41) is 0.875. The molecule has 0 heterocycles. The second-order valence-electron chi connectivity index (χ2n) is 4.17. The van der Waals surface area contributed by atoms with Crippen molar-refractivity contribution in [3.8, 4) is 0 Å². The summed E-state index contributed by atoms with van der Waals surface area (Å²) in [5.41, 5.74) is 7.33. The fraction of sp³-hybridized carbons (Fsp3) is 0.500. The smallest absolute Gasteiger partial charge is 0.0444 e. The van der Waals surface area contributed by atoms with Crippen molar-refractivity contribution in [3.05, 3.63) is 34.9 Å². The molecule has 1 aromatic carbocycles. The van der Waals surface area contributed by atoms with Crippen molar-refractivity contribution < 1.29 is 0 Å². The van der Waals surface area contributed by atoms with Crippen LogP contribution >= 0.6 is 11.6 Å². The van der Waals surface area contributed by atoms with Gasteiger partial charge in [0.1, 0.15) is 0 Å². The van der Waals surface area contributed by atoms with E-state index in [-0.39, 0.29) is 5.41 Å². The molecule has 1 aliphatic carbocycles. The van der Waals surface area contributed by atoms with Crippen molar-refractivity contribution >= 4 is 11.6 Å². The van der Waals surface area contributed by atoms with Gasteiger partial charge in [0.15, 0.2) is 0 Å². The van der Waals surface area contributed by atoms with Crippen LogP contribution in [0.1, 0.15) is 31.2 Å². The monoisotopic (exact) mass is 209 g/mol. The number of benzene rings is 1. The lowest BCUT2D eigenvalue weighted by Crippen LogP contribution is -2.32. The van der Waals surface area contributed by atoms with E-state index < -0.39 is 0 Å². The summed E-state index contributed by atoms with van der Waals surface area (Å²) in [7, 11) is 0. The zero-order chi connectivity index (χ0) is 10.0. The van der Waals surface area contributed by atoms with Gasteiger partial charge in [-0.2, -0.15) is 0 Å². The molecule has 1 aliphatic rings. The Balaban J connectivity index is 2.41. The molecule has 0 aliphatic heterocycles. The molecule has 1 aromatic rings. The molecule has 1 fully saturated rings. The van der Waals surface area contributed by atoms with E-state index in [1.807, 2.05) is 12.1 Å². The van der Waals surface area contributed by atoms with Crippen LogP contribution in [0.15, 0.2) is 24.3 Å². The molecule has 0 atom stereocenters. The van der Waals surface area contributed by atoms with Crippen LogP contribution in [0.4, 0.5) is 0 Å². The predicted molar refractivity (Wildman–Crippen MR) is 60.7 cm³/mol. The van der Waals surface area contributed by atoms with Gasteiger partial charge in [-0.3, -0.25) is 0 Å². The topological polar surface area (TPSA) is 26.0 Å². The molecule has 0 amide bonds. The Morgan fingerprint density at radius 2 is 1.86 bits per heavy atom. The highest BCUT2D eigenvalue weighted by Crippen LogP contribution is 2.42. The number of hydrogen-bond donors (Lipinski definition) is 1. The van der Waals surface area contributed by atoms with Gasteiger partial charge in [-0.1, -0.05) is 42.6 Å². The highest BCUT2D eigenvalue weighted by Gasteiger charge is 2.35. The average Bonchev–Trinajstić information content (AvgIpc) is 2.68. The first-order valence-corrected chi connectivity index (χ1v) is 5.61. The summed E-state index contributed by atoms with van der Waals surface area (Å²) < 4.78 is 0. The van der Waals surface area contributed by atoms with Crippen molar-refractivity contribution in [2.24, 2.45) is 5.73 Å². The van der Waals surface area contributed by atoms with Crippen LogP contribution in [0, 0.1) is 0 Å². The van der Waals surface area contributed by atoms with E-state index in [0.717, 1.165) is 11.6 Å². The maximum Gasteiger partial charge on any atom is 0.0444 e. The Morgan fingerprint density at radius 1 is 1.21 bits per heavy atom. The van der Waals surface area contributed by atoms with Crippen molar-refractivity contribution in [3.63, 3.8) is 0 Å². The third-order valence-electron chi connectivity index (χ3n) is 3.40. The van der Waals surface area contributed by atoms with Crippen LogP contribution in [0.5, 0.6) is 0 Å². The maximum absolute atomic E-state index is 6.22. The molecule has 0 bridgehead atoms. The van der Waals surface area contributed by atoms with E-state index in [4.69, 9.17) is 17.3 Å². The van der Waals surface area contributed by atoms with Crippen LogP contribution in [0.25, 0.3) is 0 Å². The second-order valence-corrected chi connectivity index (χ2v) is 4.58. The Labute approximate surface area is 90.3 Å². The summed E-state index contributed by atoms with van der Waals surface area (Å²) >= 11 is 6.22. The van der Waals surface area contributed by atoms with E-state index in [2.05, 4.69) is 12.1 Å². The number of nitrogens with two attached hydrogens (primary N) is 1. The molecule has 2 N–H and O–H groups in total. The Kier molecular flexibility index (Phi) is 2.80. The Morgan fingerprint density at radius 3 is 2.43 bits per heavy atom. The number of rotatable bonds is 2. The summed E-state index contributed by atoms with van der Waals surface area (Å²) in [5.74, 6) is 0. The van der Waals surface area contributed by atoms with Crippen LogP contribution in [-0.4, -0.2) is 6.54 Å². The van der Waals surface area contributed by atoms with Gasteiger partial charge in [-0.15, -0.1) is 0 Å². The van der Waals surface area contributed by atoms with Gasteiger partial charge in [0.2, 0.25) is 0 Å². The lowest BCUT2D eigenvalue weighted by Gasteiger charge is -2.28. The van der Waals surface area contributed by atoms with E-state index in [1.165, 1.54) is 31.2 Å². The Hall–Kier alpha value is -0.530. The van der Waals surface area contributed by atoms with Crippen LogP contribution in [-0.2, 0) is 5.41 Å². The van der Waals surface area contributed by atoms with Crippen molar-refractivity contribution in [2.75, 3.05) is 6.54 Å². The molecule has 76 valence electrons. The quantitative estimate of drug-likeness (QED) is 0.796. The van der Waals surface area contributed by atoms with Gasteiger partial charge >= 0.3 is 0 Å². The van der Waals surface area contributed by atoms with Crippen LogP contribution < -0.4 is 5.73 Å². The molecule has 14 heavy (non-hydrogen) atoms. The van der Waals surface area contributed by atoms with E-state index in [0.29, 0.717) is 0 Å². The minimum atomic E-state index is 0.165. The largest absolute Gasteiger partial charge is 0.330 e. The zero-order valence-electron chi connectivity index (χ0n) is 8.30. The lowest BCUT2D eigenvalue weighted by molar-refractivity contribution is 0.453. The highest BCUT2D eigenvalue weighted by atomic mass is 35.5. The SMILES string of the molecule is NCC1(c2ccccc2Cl)CCCC1. The highest BCUT2D eigenvalue weighted by molar-refractivity contribution is 6.31. The molecule has 0 spiro atoms. The molecular formula is C12H16ClN. The second kappa shape index (κ2) is 3.92. The molecule has 1 saturated carbocycles. The van der Waals surface area contributed by atoms with E-state index in [9.17, 15) is 0 Å². The van der Waals surface area contributed by atoms with E-state index in [1.54, 1.807) is 0 Å². The predicted octanol–water partition coefficient (Wildman–Crippen LogP) is 3.11. The average molecular weight is 210 g/mol. The summed E-state index contributed by atoms with van der Waals surface area (Å²) in [4.78, 5) is 0. The zero-order valence-corrected chi connectivity index (χ0v) is 9.06. The van der Waals surface area contributed by atoms with Crippen molar-refractivity contribution in [1.82, 2.24) is 0 Å². The van der Waals surface area contributed by atoms with Crippen molar-refractivity contribution in [2.45, 2.75) is 31.1 Å². The third kappa shape index (κ3) is 1.55. The van der Waals surface area contributed by atoms with Gasteiger partial charge < -0.3 is 5.73 Å². The lowest BCUT2D eigenvalue weighted by atomic mass is 9.79. The first kappa shape index (κ1) is 10.0. The van der Waals surface area contributed by atoms with Gasteiger partial charge in [-0.25, -0.2) is 0 Å². The van der Waals surface area contributed by atoms with E-state index >= 15 is 0 Å². The molecule has 1 nitrogen and oxygen atoms in total. The maximum atomic E-state index is 6.22. The van der Waals surface area contributed by atoms with Gasteiger partial charge in [0, 0.05) is 17.0 Å². The van der Waals surface area contributed by atoms with Crippen LogP contribution in [0.3, 0.4) is 0 Å². The fourth-order valence-corrected chi connectivity index (χ4v) is 2.86. The molecule has 2 heteroatoms. The summed E-state index contributed by atoms with van der Waals surface area (Å²) in [6, 6.07) is 8.12. The minimum absolute atomic E-state index is 0.165. The minimum Gasteiger partial charge on any atom is -0.330 e. The molecule has 0 unspecified atom stereocenters. The summed E-state index contributed by atoms with van der Waals surface area (Å²) in [6.45, 7) is 0.719. The first-order chi connectivity index (χ1) is 6.78. The van der Waals surface area contributed by atoms with Crippen LogP contribution in [0.2, 0.25) is 5.02 Å². The van der Waals surface area contributed by atoms with Gasteiger partial charge in [-0.05, 0) is 24.5 Å². The molecule has 0 radical (unpaired) electrons. The molecular weight excluding hydrogens is 194 g/mol. The Bertz CT molecular complexity index is 316. The molecule has 2 rings (SSSR count). The fourth-order valence-electron chi connectivity index (χ4n) is 2.53. The normalized spacial score (nSPS) is 19.9. The third-order valence-corrected chi connectivity index (χ3v) is 3.73. The number of halogens is 1. The number of hydrogen-bond acceptors (Lipinski definition) is 1. The van der Waals surface area contributed by atoms with Gasteiger partial charge in [0.25, 0.3) is 0 Å². The summed E-state index contributed by atoms with van der Waals surface area (Å²) in [6.07, 6.45) is 4.94. The standard InChI is InChI=1S/C12H16ClN/c13-11-6-2-1-5-10(11)12(9-14)7-3-4-8-12/h1-2,5-6H,3-4,7-9,14H2. The first-order valence-electron chi connectivity index (χ1n) is 5.24.